The maximum atomic E-state index is 14.1. The van der Waals surface area contributed by atoms with E-state index in [9.17, 15) is 22.8 Å². The Labute approximate surface area is 190 Å². The predicted octanol–water partition coefficient (Wildman–Crippen LogP) is 6.74. The molecule has 0 fully saturated rings. The second-order valence-electron chi connectivity index (χ2n) is 6.40. The lowest BCUT2D eigenvalue weighted by Crippen LogP contribution is -2.11. The van der Waals surface area contributed by atoms with E-state index in [4.69, 9.17) is 21.1 Å². The summed E-state index contributed by atoms with van der Waals surface area (Å²) in [5.41, 5.74) is -1.48. The molecule has 2 aromatic carbocycles. The van der Waals surface area contributed by atoms with Gasteiger partial charge in [0.1, 0.15) is 28.4 Å². The number of hydrogen-bond donors (Lipinski definition) is 0. The summed E-state index contributed by atoms with van der Waals surface area (Å²) in [7, 11) is 2.81. The van der Waals surface area contributed by atoms with Gasteiger partial charge in [-0.05, 0) is 30.3 Å². The van der Waals surface area contributed by atoms with Crippen molar-refractivity contribution in [1.82, 2.24) is 4.98 Å². The second-order valence-corrected chi connectivity index (χ2v) is 7.77. The molecule has 1 heterocycles. The van der Waals surface area contributed by atoms with Crippen molar-refractivity contribution < 1.29 is 27.0 Å². The van der Waals surface area contributed by atoms with Crippen LogP contribution in [0, 0.1) is 17.1 Å². The van der Waals surface area contributed by atoms with Crippen molar-refractivity contribution in [3.63, 3.8) is 0 Å². The molecule has 0 aliphatic heterocycles. The van der Waals surface area contributed by atoms with Gasteiger partial charge in [0, 0.05) is 28.0 Å². The van der Waals surface area contributed by atoms with E-state index in [2.05, 4.69) is 4.98 Å². The second kappa shape index (κ2) is 9.67. The predicted molar refractivity (Wildman–Crippen MR) is 113 cm³/mol. The Kier molecular flexibility index (Phi) is 7.16. The number of hydrogen-bond acceptors (Lipinski definition) is 5. The van der Waals surface area contributed by atoms with Gasteiger partial charge in [0.25, 0.3) is 0 Å². The van der Waals surface area contributed by atoms with Crippen molar-refractivity contribution in [3.05, 3.63) is 70.0 Å². The first kappa shape index (κ1) is 23.7. The Balaban J connectivity index is 2.16. The molecule has 0 saturated carbocycles. The Hall–Kier alpha value is -2.96. The standard InChI is InChI=1S/C22H15ClF4N2O2S/c1-30-12-6-7-13(20(8-12)31-2)19-9-16(22(25,26)27)14(10-28)21(29-19)32-11-15-17(23)4-3-5-18(15)24/h3-9H,11H2,1-2H3. The molecule has 3 rings (SSSR count). The summed E-state index contributed by atoms with van der Waals surface area (Å²) in [6, 6.07) is 11.0. The lowest BCUT2D eigenvalue weighted by Gasteiger charge is -2.16. The first-order valence-electron chi connectivity index (χ1n) is 9.00. The highest BCUT2D eigenvalue weighted by molar-refractivity contribution is 7.98. The van der Waals surface area contributed by atoms with Crippen LogP contribution >= 0.6 is 23.4 Å². The molecule has 0 saturated heterocycles. The number of rotatable bonds is 6. The van der Waals surface area contributed by atoms with Crippen LogP contribution in [0.5, 0.6) is 11.5 Å². The van der Waals surface area contributed by atoms with Gasteiger partial charge in [-0.25, -0.2) is 9.37 Å². The van der Waals surface area contributed by atoms with Crippen molar-refractivity contribution in [2.75, 3.05) is 14.2 Å². The molecule has 0 radical (unpaired) electrons. The summed E-state index contributed by atoms with van der Waals surface area (Å²) in [5, 5.41) is 9.38. The minimum absolute atomic E-state index is 0.0574. The lowest BCUT2D eigenvalue weighted by atomic mass is 10.0. The van der Waals surface area contributed by atoms with E-state index < -0.39 is 23.1 Å². The third-order valence-electron chi connectivity index (χ3n) is 4.50. The number of nitriles is 1. The molecule has 32 heavy (non-hydrogen) atoms. The van der Waals surface area contributed by atoms with Crippen LogP contribution in [-0.4, -0.2) is 19.2 Å². The molecule has 0 spiro atoms. The van der Waals surface area contributed by atoms with E-state index in [0.717, 1.165) is 17.8 Å². The van der Waals surface area contributed by atoms with Gasteiger partial charge in [-0.3, -0.25) is 0 Å². The zero-order valence-electron chi connectivity index (χ0n) is 16.8. The van der Waals surface area contributed by atoms with Gasteiger partial charge in [0.05, 0.1) is 31.0 Å². The van der Waals surface area contributed by atoms with Crippen LogP contribution in [0.25, 0.3) is 11.3 Å². The van der Waals surface area contributed by atoms with Crippen molar-refractivity contribution in [2.24, 2.45) is 0 Å². The molecule has 3 aromatic rings. The van der Waals surface area contributed by atoms with E-state index in [1.807, 2.05) is 0 Å². The average molecular weight is 483 g/mol. The highest BCUT2D eigenvalue weighted by Crippen LogP contribution is 2.41. The smallest absolute Gasteiger partial charge is 0.417 e. The highest BCUT2D eigenvalue weighted by Gasteiger charge is 2.36. The number of aromatic nitrogens is 1. The summed E-state index contributed by atoms with van der Waals surface area (Å²) in [4.78, 5) is 4.28. The number of nitrogens with zero attached hydrogens (tertiary/aromatic N) is 2. The normalized spacial score (nSPS) is 11.2. The molecule has 10 heteroatoms. The van der Waals surface area contributed by atoms with Crippen LogP contribution in [0.3, 0.4) is 0 Å². The van der Waals surface area contributed by atoms with Crippen molar-refractivity contribution >= 4 is 23.4 Å². The summed E-state index contributed by atoms with van der Waals surface area (Å²) >= 11 is 6.81. The molecule has 166 valence electrons. The van der Waals surface area contributed by atoms with E-state index >= 15 is 0 Å². The van der Waals surface area contributed by atoms with Gasteiger partial charge < -0.3 is 9.47 Å². The monoisotopic (exact) mass is 482 g/mol. The van der Waals surface area contributed by atoms with Gasteiger partial charge in [0.15, 0.2) is 0 Å². The van der Waals surface area contributed by atoms with Crippen LogP contribution in [-0.2, 0) is 11.9 Å². The zero-order valence-corrected chi connectivity index (χ0v) is 18.3. The summed E-state index contributed by atoms with van der Waals surface area (Å²) < 4.78 is 65.9. The Morgan fingerprint density at radius 3 is 2.47 bits per heavy atom. The number of thioether (sulfide) groups is 1. The van der Waals surface area contributed by atoms with Crippen LogP contribution < -0.4 is 9.47 Å². The Morgan fingerprint density at radius 1 is 1.12 bits per heavy atom. The van der Waals surface area contributed by atoms with Crippen LogP contribution in [0.2, 0.25) is 5.02 Å². The fraction of sp³-hybridized carbons (Fsp3) is 0.182. The van der Waals surface area contributed by atoms with Crippen LogP contribution in [0.1, 0.15) is 16.7 Å². The first-order valence-corrected chi connectivity index (χ1v) is 10.4. The molecule has 0 unspecified atom stereocenters. The van der Waals surface area contributed by atoms with E-state index in [1.54, 1.807) is 12.1 Å². The number of ether oxygens (including phenoxy) is 2. The van der Waals surface area contributed by atoms with Crippen molar-refractivity contribution in [2.45, 2.75) is 17.0 Å². The third-order valence-corrected chi connectivity index (χ3v) is 5.86. The van der Waals surface area contributed by atoms with Crippen molar-refractivity contribution in [3.8, 4) is 28.8 Å². The van der Waals surface area contributed by atoms with Crippen LogP contribution in [0.4, 0.5) is 17.6 Å². The maximum Gasteiger partial charge on any atom is 0.417 e. The molecule has 0 N–H and O–H groups in total. The summed E-state index contributed by atoms with van der Waals surface area (Å²) in [5.74, 6) is -0.0392. The lowest BCUT2D eigenvalue weighted by molar-refractivity contribution is -0.138. The Morgan fingerprint density at radius 2 is 1.88 bits per heavy atom. The van der Waals surface area contributed by atoms with E-state index in [1.165, 1.54) is 44.6 Å². The van der Waals surface area contributed by atoms with E-state index in [-0.39, 0.29) is 38.4 Å². The molecule has 0 amide bonds. The topological polar surface area (TPSA) is 55.1 Å². The molecule has 4 nitrogen and oxygen atoms in total. The maximum absolute atomic E-state index is 14.1. The SMILES string of the molecule is COc1ccc(-c2cc(C(F)(F)F)c(C#N)c(SCc3c(F)cccc3Cl)n2)c(OC)c1. The quantitative estimate of drug-likeness (QED) is 0.287. The highest BCUT2D eigenvalue weighted by atomic mass is 35.5. The Bertz CT molecular complexity index is 1180. The van der Waals surface area contributed by atoms with Gasteiger partial charge in [-0.15, -0.1) is 11.8 Å². The zero-order chi connectivity index (χ0) is 23.5. The minimum Gasteiger partial charge on any atom is -0.497 e. The molecule has 0 atom stereocenters. The fourth-order valence-electron chi connectivity index (χ4n) is 2.92. The molecule has 0 bridgehead atoms. The molecular weight excluding hydrogens is 468 g/mol. The number of benzene rings is 2. The number of halogens is 5. The summed E-state index contributed by atoms with van der Waals surface area (Å²) in [6.45, 7) is 0. The van der Waals surface area contributed by atoms with E-state index in [0.29, 0.717) is 5.75 Å². The van der Waals surface area contributed by atoms with Crippen molar-refractivity contribution in [1.29, 1.82) is 5.26 Å². The molecule has 0 aliphatic carbocycles. The van der Waals surface area contributed by atoms with Gasteiger partial charge in [-0.2, -0.15) is 18.4 Å². The minimum atomic E-state index is -4.81. The molecule has 0 aliphatic rings. The first-order chi connectivity index (χ1) is 15.2. The van der Waals surface area contributed by atoms with Gasteiger partial charge in [-0.1, -0.05) is 17.7 Å². The number of alkyl halides is 3. The number of methoxy groups -OCH3 is 2. The molecule has 1 aromatic heterocycles. The number of pyridine rings is 1. The third kappa shape index (κ3) is 4.92. The largest absolute Gasteiger partial charge is 0.497 e. The van der Waals surface area contributed by atoms with Gasteiger partial charge in [0.2, 0.25) is 0 Å². The summed E-state index contributed by atoms with van der Waals surface area (Å²) in [6.07, 6.45) is -4.81. The molecular formula is C22H15ClF4N2O2S. The van der Waals surface area contributed by atoms with Gasteiger partial charge >= 0.3 is 6.18 Å². The fourth-order valence-corrected chi connectivity index (χ4v) is 4.26. The van der Waals surface area contributed by atoms with Crippen LogP contribution in [0.15, 0.2) is 47.5 Å². The average Bonchev–Trinajstić information content (AvgIpc) is 2.77.